The predicted molar refractivity (Wildman–Crippen MR) is 94.1 cm³/mol. The number of carbonyl (C=O) groups is 3. The molecule has 0 bridgehead atoms. The molecule has 25 heavy (non-hydrogen) atoms. The third kappa shape index (κ3) is 3.25. The first-order chi connectivity index (χ1) is 11.9. The smallest absolute Gasteiger partial charge is 0.326 e. The number of ketones is 1. The van der Waals surface area contributed by atoms with Gasteiger partial charge in [0.25, 0.3) is 0 Å². The Kier molecular flexibility index (Phi) is 4.79. The van der Waals surface area contributed by atoms with Crippen LogP contribution in [0.3, 0.4) is 0 Å². The van der Waals surface area contributed by atoms with Gasteiger partial charge in [-0.15, -0.1) is 0 Å². The van der Waals surface area contributed by atoms with Crippen molar-refractivity contribution in [3.05, 3.63) is 42.1 Å². The second-order valence-electron chi connectivity index (χ2n) is 7.05. The first-order valence-electron chi connectivity index (χ1n) is 8.69. The minimum absolute atomic E-state index is 0.233. The number of Topliss-reactive ketones (excluding diaryl/α,β-unsaturated/α-hetero) is 1. The molecule has 1 aliphatic carbocycles. The van der Waals surface area contributed by atoms with Gasteiger partial charge in [-0.25, -0.2) is 4.79 Å². The zero-order valence-corrected chi connectivity index (χ0v) is 14.7. The first kappa shape index (κ1) is 17.5. The summed E-state index contributed by atoms with van der Waals surface area (Å²) in [6, 6.07) is -0.410. The highest BCUT2D eigenvalue weighted by Crippen LogP contribution is 2.39. The second kappa shape index (κ2) is 6.86. The Hall–Kier alpha value is -2.37. The van der Waals surface area contributed by atoms with Crippen molar-refractivity contribution in [2.75, 3.05) is 20.1 Å². The van der Waals surface area contributed by atoms with Crippen LogP contribution < -0.4 is 5.32 Å². The van der Waals surface area contributed by atoms with Gasteiger partial charge >= 0.3 is 6.03 Å². The maximum absolute atomic E-state index is 13.1. The number of urea groups is 1. The van der Waals surface area contributed by atoms with Crippen LogP contribution in [0.4, 0.5) is 4.79 Å². The van der Waals surface area contributed by atoms with E-state index in [9.17, 15) is 14.4 Å². The van der Waals surface area contributed by atoms with E-state index in [-0.39, 0.29) is 18.2 Å². The zero-order valence-electron chi connectivity index (χ0n) is 14.7. The van der Waals surface area contributed by atoms with Crippen LogP contribution in [-0.4, -0.2) is 47.7 Å². The number of hydrogen-bond acceptors (Lipinski definition) is 4. The van der Waals surface area contributed by atoms with Gasteiger partial charge in [-0.1, -0.05) is 17.7 Å². The van der Waals surface area contributed by atoms with Crippen molar-refractivity contribution < 1.29 is 14.4 Å². The molecule has 2 aliphatic heterocycles. The summed E-state index contributed by atoms with van der Waals surface area (Å²) in [5.74, 6) is -0.522. The van der Waals surface area contributed by atoms with Crippen LogP contribution in [0.25, 0.3) is 0 Å². The molecule has 1 unspecified atom stereocenters. The fraction of sp³-hybridized carbons (Fsp3) is 0.474. The molecule has 0 spiro atoms. The standard InChI is InChI=1S/C19H24N3O3/c1-19(15-8-4-3-5-9-15)13-21(2)18(25)22(17(19)24)12-16(23)14-7-6-10-20-11-14/h6-8,10-11,20H,3-5,9,12-13H2,1-2H3. The van der Waals surface area contributed by atoms with E-state index in [2.05, 4.69) is 11.4 Å². The van der Waals surface area contributed by atoms with Crippen LogP contribution in [0.15, 0.2) is 35.6 Å². The van der Waals surface area contributed by atoms with Crippen LogP contribution in [0.2, 0.25) is 0 Å². The highest BCUT2D eigenvalue weighted by atomic mass is 16.2. The summed E-state index contributed by atoms with van der Waals surface area (Å²) in [7, 11) is 1.68. The monoisotopic (exact) mass is 342 g/mol. The number of amides is 3. The number of nitrogens with zero attached hydrogens (tertiary/aromatic N) is 2. The maximum atomic E-state index is 13.1. The Morgan fingerprint density at radius 3 is 2.76 bits per heavy atom. The molecule has 0 aromatic rings. The van der Waals surface area contributed by atoms with Crippen molar-refractivity contribution in [2.24, 2.45) is 5.41 Å². The lowest BCUT2D eigenvalue weighted by Crippen LogP contribution is -2.61. The Labute approximate surface area is 148 Å². The second-order valence-corrected chi connectivity index (χ2v) is 7.05. The number of imide groups is 1. The largest absolute Gasteiger partial charge is 0.382 e. The third-order valence-corrected chi connectivity index (χ3v) is 5.16. The van der Waals surface area contributed by atoms with Gasteiger partial charge < -0.3 is 10.2 Å². The highest BCUT2D eigenvalue weighted by molar-refractivity contribution is 6.08. The van der Waals surface area contributed by atoms with Gasteiger partial charge in [0, 0.05) is 19.2 Å². The van der Waals surface area contributed by atoms with Gasteiger partial charge in [0.2, 0.25) is 5.91 Å². The number of rotatable bonds is 4. The molecule has 1 atom stereocenters. The lowest BCUT2D eigenvalue weighted by Gasteiger charge is -2.44. The van der Waals surface area contributed by atoms with Gasteiger partial charge in [0.05, 0.1) is 18.5 Å². The van der Waals surface area contributed by atoms with Crippen LogP contribution in [0, 0.1) is 12.0 Å². The van der Waals surface area contributed by atoms with E-state index in [1.165, 1.54) is 0 Å². The summed E-state index contributed by atoms with van der Waals surface area (Å²) in [6.07, 6.45) is 11.3. The summed E-state index contributed by atoms with van der Waals surface area (Å²) in [5, 5.41) is 2.85. The lowest BCUT2D eigenvalue weighted by atomic mass is 9.74. The molecule has 1 radical (unpaired) electrons. The van der Waals surface area contributed by atoms with E-state index >= 15 is 0 Å². The maximum Gasteiger partial charge on any atom is 0.326 e. The number of allylic oxidation sites excluding steroid dienone is 3. The van der Waals surface area contributed by atoms with Gasteiger partial charge in [0.15, 0.2) is 5.78 Å². The molecule has 1 N–H and O–H groups in total. The van der Waals surface area contributed by atoms with Crippen molar-refractivity contribution in [1.29, 1.82) is 0 Å². The van der Waals surface area contributed by atoms with Crippen molar-refractivity contribution >= 4 is 17.7 Å². The van der Waals surface area contributed by atoms with Crippen LogP contribution in [0.1, 0.15) is 32.6 Å². The molecule has 6 heteroatoms. The molecule has 0 aromatic carbocycles. The van der Waals surface area contributed by atoms with Gasteiger partial charge in [-0.2, -0.15) is 0 Å². The van der Waals surface area contributed by atoms with Gasteiger partial charge in [0.1, 0.15) is 0 Å². The molecule has 1 saturated heterocycles. The van der Waals surface area contributed by atoms with E-state index in [0.29, 0.717) is 12.1 Å². The van der Waals surface area contributed by atoms with Gasteiger partial charge in [-0.05, 0) is 44.9 Å². The topological polar surface area (TPSA) is 69.7 Å². The van der Waals surface area contributed by atoms with E-state index in [1.807, 2.05) is 6.92 Å². The van der Waals surface area contributed by atoms with Gasteiger partial charge in [-0.3, -0.25) is 14.5 Å². The molecular weight excluding hydrogens is 318 g/mol. The predicted octanol–water partition coefficient (Wildman–Crippen LogP) is 2.16. The minimum Gasteiger partial charge on any atom is -0.382 e. The molecule has 3 aliphatic rings. The van der Waals surface area contributed by atoms with Crippen molar-refractivity contribution in [3.8, 4) is 0 Å². The van der Waals surface area contributed by atoms with Crippen LogP contribution >= 0.6 is 0 Å². The van der Waals surface area contributed by atoms with E-state index in [4.69, 9.17) is 0 Å². The molecule has 3 rings (SSSR count). The fourth-order valence-electron chi connectivity index (χ4n) is 3.72. The Morgan fingerprint density at radius 1 is 1.32 bits per heavy atom. The molecule has 1 fully saturated rings. The number of dihydropyridines is 1. The Balaban J connectivity index is 1.84. The van der Waals surface area contributed by atoms with E-state index < -0.39 is 11.4 Å². The van der Waals surface area contributed by atoms with Crippen molar-refractivity contribution in [3.63, 3.8) is 0 Å². The Morgan fingerprint density at radius 2 is 2.12 bits per heavy atom. The summed E-state index contributed by atoms with van der Waals surface area (Å²) >= 11 is 0. The molecule has 0 aromatic heterocycles. The molecule has 133 valence electrons. The Bertz CT molecular complexity index is 692. The average Bonchev–Trinajstić information content (AvgIpc) is 2.65. The summed E-state index contributed by atoms with van der Waals surface area (Å²) in [6.45, 7) is 3.60. The molecule has 6 nitrogen and oxygen atoms in total. The quantitative estimate of drug-likeness (QED) is 0.795. The zero-order chi connectivity index (χ0) is 18.0. The normalized spacial score (nSPS) is 27.0. The molecular formula is C19H24N3O3. The summed E-state index contributed by atoms with van der Waals surface area (Å²) in [4.78, 5) is 40.8. The SMILES string of the molecule is CN1CC(C)(C2=CCCCC2)C(=O)N(CC(=O)C2=CC=CN[CH]2)C1=O. The van der Waals surface area contributed by atoms with Crippen molar-refractivity contribution in [2.45, 2.75) is 32.6 Å². The average molecular weight is 342 g/mol. The fourth-order valence-corrected chi connectivity index (χ4v) is 3.72. The van der Waals surface area contributed by atoms with Crippen LogP contribution in [-0.2, 0) is 9.59 Å². The molecule has 0 saturated carbocycles. The third-order valence-electron chi connectivity index (χ3n) is 5.16. The lowest BCUT2D eigenvalue weighted by molar-refractivity contribution is -0.142. The summed E-state index contributed by atoms with van der Waals surface area (Å²) < 4.78 is 0. The number of hydrogen-bond donors (Lipinski definition) is 1. The minimum atomic E-state index is -0.744. The summed E-state index contributed by atoms with van der Waals surface area (Å²) in [5.41, 5.74) is 0.801. The van der Waals surface area contributed by atoms with Crippen molar-refractivity contribution in [1.82, 2.24) is 15.1 Å². The molecule has 3 amide bonds. The number of nitrogens with one attached hydrogen (secondary N) is 1. The molecule has 2 heterocycles. The first-order valence-corrected chi connectivity index (χ1v) is 8.69. The van der Waals surface area contributed by atoms with E-state index in [0.717, 1.165) is 36.2 Å². The van der Waals surface area contributed by atoms with Crippen LogP contribution in [0.5, 0.6) is 0 Å². The van der Waals surface area contributed by atoms with E-state index in [1.54, 1.807) is 36.8 Å². The highest BCUT2D eigenvalue weighted by Gasteiger charge is 2.48. The number of carbonyl (C=O) groups excluding carboxylic acids is 3.